The average molecular weight is 324 g/mol. The Balaban J connectivity index is 1.80. The Morgan fingerprint density at radius 2 is 1.86 bits per heavy atom. The third-order valence-electron chi connectivity index (χ3n) is 4.11. The minimum absolute atomic E-state index is 0.0302. The molecule has 6 heteroatoms. The fourth-order valence-electron chi connectivity index (χ4n) is 2.89. The predicted octanol–water partition coefficient (Wildman–Crippen LogP) is 1.36. The van der Waals surface area contributed by atoms with E-state index in [0.29, 0.717) is 18.9 Å². The molecular weight excluding hydrogens is 300 g/mol. The number of sulfone groups is 1. The van der Waals surface area contributed by atoms with Gasteiger partial charge in [-0.05, 0) is 29.9 Å². The molecule has 0 radical (unpaired) electrons. The molecule has 122 valence electrons. The van der Waals surface area contributed by atoms with Gasteiger partial charge in [0.25, 0.3) is 0 Å². The Kier molecular flexibility index (Phi) is 5.58. The van der Waals surface area contributed by atoms with E-state index in [1.54, 1.807) is 12.1 Å². The molecule has 0 saturated heterocycles. The van der Waals surface area contributed by atoms with Gasteiger partial charge >= 0.3 is 0 Å². The molecule has 5 nitrogen and oxygen atoms in total. The molecule has 0 unspecified atom stereocenters. The molecule has 1 aliphatic rings. The van der Waals surface area contributed by atoms with E-state index in [9.17, 15) is 13.2 Å². The van der Waals surface area contributed by atoms with Crippen LogP contribution in [-0.4, -0.2) is 26.6 Å². The van der Waals surface area contributed by atoms with Crippen LogP contribution < -0.4 is 11.1 Å². The quantitative estimate of drug-likeness (QED) is 0.827. The van der Waals surface area contributed by atoms with Gasteiger partial charge in [-0.3, -0.25) is 4.79 Å². The second kappa shape index (κ2) is 7.24. The minimum Gasteiger partial charge on any atom is -0.352 e. The number of hydrogen-bond donors (Lipinski definition) is 2. The predicted molar refractivity (Wildman–Crippen MR) is 86.8 cm³/mol. The molecule has 1 aliphatic carbocycles. The van der Waals surface area contributed by atoms with Gasteiger partial charge in [-0.1, -0.05) is 30.7 Å². The molecule has 0 aromatic heterocycles. The van der Waals surface area contributed by atoms with E-state index < -0.39 is 9.84 Å². The molecule has 1 fully saturated rings. The molecule has 22 heavy (non-hydrogen) atoms. The zero-order chi connectivity index (χ0) is 16.2. The molecule has 0 heterocycles. The lowest BCUT2D eigenvalue weighted by Crippen LogP contribution is -2.31. The first-order valence-electron chi connectivity index (χ1n) is 7.61. The van der Waals surface area contributed by atoms with Crippen LogP contribution in [0.3, 0.4) is 0 Å². The largest absolute Gasteiger partial charge is 0.352 e. The number of carbonyl (C=O) groups excluding carboxylic acids is 1. The molecule has 1 aromatic carbocycles. The van der Waals surface area contributed by atoms with Crippen molar-refractivity contribution in [3.8, 4) is 0 Å². The summed E-state index contributed by atoms with van der Waals surface area (Å²) in [5.41, 5.74) is 7.69. The van der Waals surface area contributed by atoms with Gasteiger partial charge in [0.1, 0.15) is 0 Å². The van der Waals surface area contributed by atoms with Crippen LogP contribution in [0.25, 0.3) is 0 Å². The van der Waals surface area contributed by atoms with E-state index in [-0.39, 0.29) is 17.7 Å². The zero-order valence-corrected chi connectivity index (χ0v) is 13.7. The number of rotatable bonds is 6. The first-order valence-corrected chi connectivity index (χ1v) is 9.67. The molecule has 1 saturated carbocycles. The molecule has 2 atom stereocenters. The van der Waals surface area contributed by atoms with Crippen LogP contribution in [0.5, 0.6) is 0 Å². The van der Waals surface area contributed by atoms with Gasteiger partial charge in [-0.25, -0.2) is 8.42 Å². The van der Waals surface area contributed by atoms with Gasteiger partial charge in [-0.15, -0.1) is 0 Å². The monoisotopic (exact) mass is 324 g/mol. The van der Waals surface area contributed by atoms with Crippen molar-refractivity contribution >= 4 is 15.7 Å². The van der Waals surface area contributed by atoms with Crippen LogP contribution >= 0.6 is 0 Å². The van der Waals surface area contributed by atoms with Crippen molar-refractivity contribution in [1.29, 1.82) is 0 Å². The molecule has 0 bridgehead atoms. The Labute approximate surface area is 132 Å². The van der Waals surface area contributed by atoms with Crippen molar-refractivity contribution in [1.82, 2.24) is 5.32 Å². The summed E-state index contributed by atoms with van der Waals surface area (Å²) in [6, 6.07) is 7.43. The highest BCUT2D eigenvalue weighted by atomic mass is 32.2. The van der Waals surface area contributed by atoms with Crippen LogP contribution in [0, 0.1) is 5.92 Å². The van der Waals surface area contributed by atoms with E-state index in [0.717, 1.165) is 30.4 Å². The Morgan fingerprint density at radius 1 is 1.23 bits per heavy atom. The average Bonchev–Trinajstić information content (AvgIpc) is 2.82. The second-order valence-electron chi connectivity index (χ2n) is 6.22. The second-order valence-corrected chi connectivity index (χ2v) is 8.36. The lowest BCUT2D eigenvalue weighted by molar-refractivity contribution is -0.122. The molecule has 0 aliphatic heterocycles. The normalized spacial score (nSPS) is 21.7. The van der Waals surface area contributed by atoms with Crippen molar-refractivity contribution in [3.05, 3.63) is 35.4 Å². The maximum atomic E-state index is 11.9. The lowest BCUT2D eigenvalue weighted by atomic mass is 10.00. The summed E-state index contributed by atoms with van der Waals surface area (Å²) < 4.78 is 22.4. The number of benzene rings is 1. The van der Waals surface area contributed by atoms with Crippen LogP contribution in [0.2, 0.25) is 0 Å². The smallest absolute Gasteiger partial charge is 0.220 e. The Morgan fingerprint density at radius 3 is 2.41 bits per heavy atom. The number of amides is 1. The Hall–Kier alpha value is -1.40. The Bertz CT molecular complexity index is 611. The van der Waals surface area contributed by atoms with Crippen molar-refractivity contribution in [3.63, 3.8) is 0 Å². The van der Waals surface area contributed by atoms with E-state index >= 15 is 0 Å². The van der Waals surface area contributed by atoms with E-state index in [4.69, 9.17) is 5.73 Å². The number of hydrogen-bond acceptors (Lipinski definition) is 4. The molecule has 3 N–H and O–H groups in total. The molecule has 1 aromatic rings. The zero-order valence-electron chi connectivity index (χ0n) is 12.9. The summed E-state index contributed by atoms with van der Waals surface area (Å²) in [5, 5.41) is 2.90. The third kappa shape index (κ3) is 5.42. The van der Waals surface area contributed by atoms with Gasteiger partial charge in [0.2, 0.25) is 5.91 Å². The van der Waals surface area contributed by atoms with Crippen LogP contribution in [0.15, 0.2) is 24.3 Å². The highest BCUT2D eigenvalue weighted by molar-refractivity contribution is 7.89. The fourth-order valence-corrected chi connectivity index (χ4v) is 3.68. The molecule has 0 spiro atoms. The first-order chi connectivity index (χ1) is 10.3. The molecule has 2 rings (SSSR count). The van der Waals surface area contributed by atoms with Gasteiger partial charge in [0.05, 0.1) is 5.75 Å². The van der Waals surface area contributed by atoms with E-state index in [1.165, 1.54) is 6.26 Å². The maximum Gasteiger partial charge on any atom is 0.220 e. The standard InChI is InChI=1S/C16H24N2O3S/c1-22(20,21)11-13-7-5-12(6-8-13)10-18-16(19)9-14-3-2-4-15(14)17/h5-8,14-15H,2-4,9-11,17H2,1H3,(H,18,19)/t14-,15+/m0/s1. The van der Waals surface area contributed by atoms with Gasteiger partial charge in [0, 0.05) is 25.3 Å². The summed E-state index contributed by atoms with van der Waals surface area (Å²) in [5.74, 6) is 0.374. The van der Waals surface area contributed by atoms with Crippen LogP contribution in [-0.2, 0) is 26.9 Å². The van der Waals surface area contributed by atoms with Crippen molar-refractivity contribution in [2.45, 2.75) is 44.0 Å². The molecular formula is C16H24N2O3S. The number of carbonyl (C=O) groups is 1. The summed E-state index contributed by atoms with van der Waals surface area (Å²) in [7, 11) is -3.02. The van der Waals surface area contributed by atoms with Crippen molar-refractivity contribution in [2.75, 3.05) is 6.26 Å². The molecule has 1 amide bonds. The minimum atomic E-state index is -3.02. The summed E-state index contributed by atoms with van der Waals surface area (Å²) in [6.07, 6.45) is 4.87. The van der Waals surface area contributed by atoms with Gasteiger partial charge in [-0.2, -0.15) is 0 Å². The van der Waals surface area contributed by atoms with E-state index in [2.05, 4.69) is 5.32 Å². The first kappa shape index (κ1) is 17.0. The van der Waals surface area contributed by atoms with Gasteiger partial charge in [0.15, 0.2) is 9.84 Å². The highest BCUT2D eigenvalue weighted by Gasteiger charge is 2.25. The fraction of sp³-hybridized carbons (Fsp3) is 0.562. The number of nitrogens with two attached hydrogens (primary N) is 1. The SMILES string of the molecule is CS(=O)(=O)Cc1ccc(CNC(=O)C[C@@H]2CCC[C@H]2N)cc1. The van der Waals surface area contributed by atoms with E-state index in [1.807, 2.05) is 12.1 Å². The summed E-state index contributed by atoms with van der Waals surface area (Å²) in [6.45, 7) is 0.458. The maximum absolute atomic E-state index is 11.9. The number of nitrogens with one attached hydrogen (secondary N) is 1. The van der Waals surface area contributed by atoms with Crippen LogP contribution in [0.1, 0.15) is 36.8 Å². The lowest BCUT2D eigenvalue weighted by Gasteiger charge is -2.14. The summed E-state index contributed by atoms with van der Waals surface area (Å²) >= 11 is 0. The summed E-state index contributed by atoms with van der Waals surface area (Å²) in [4.78, 5) is 11.9. The third-order valence-corrected chi connectivity index (χ3v) is 4.96. The van der Waals surface area contributed by atoms with Crippen molar-refractivity contribution < 1.29 is 13.2 Å². The highest BCUT2D eigenvalue weighted by Crippen LogP contribution is 2.26. The van der Waals surface area contributed by atoms with Gasteiger partial charge < -0.3 is 11.1 Å². The topological polar surface area (TPSA) is 89.3 Å². The van der Waals surface area contributed by atoms with Crippen molar-refractivity contribution in [2.24, 2.45) is 11.7 Å². The van der Waals surface area contributed by atoms with Crippen LogP contribution in [0.4, 0.5) is 0 Å².